The Balaban J connectivity index is 1.58. The van der Waals surface area contributed by atoms with Gasteiger partial charge in [0, 0.05) is 34.0 Å². The molecule has 1 aliphatic rings. The van der Waals surface area contributed by atoms with Crippen molar-refractivity contribution in [2.75, 3.05) is 6.54 Å². The van der Waals surface area contributed by atoms with Crippen LogP contribution >= 0.6 is 11.6 Å². The molecule has 0 bridgehead atoms. The molecule has 1 N–H and O–H groups in total. The first-order chi connectivity index (χ1) is 15.8. The SMILES string of the molecule is Cc1c(CC(=O)N2CCCC2C(=O)O)c(=O)oc2cc3occ(-c4ccc(Cl)cc4)c3cc12. The number of carbonyl (C=O) groups is 2. The number of amides is 1. The summed E-state index contributed by atoms with van der Waals surface area (Å²) in [6.45, 7) is 2.14. The molecule has 0 aliphatic carbocycles. The van der Waals surface area contributed by atoms with Crippen molar-refractivity contribution in [3.63, 3.8) is 0 Å². The molecule has 5 rings (SSSR count). The summed E-state index contributed by atoms with van der Waals surface area (Å²) in [5.74, 6) is -1.42. The van der Waals surface area contributed by atoms with Crippen LogP contribution < -0.4 is 5.63 Å². The van der Waals surface area contributed by atoms with E-state index in [0.29, 0.717) is 46.5 Å². The molecule has 1 amide bonds. The van der Waals surface area contributed by atoms with Crippen molar-refractivity contribution in [2.24, 2.45) is 0 Å². The number of furan rings is 1. The molecular weight excluding hydrogens is 446 g/mol. The van der Waals surface area contributed by atoms with Crippen LogP contribution in [0.15, 0.2) is 56.3 Å². The van der Waals surface area contributed by atoms with E-state index in [1.54, 1.807) is 31.4 Å². The molecule has 3 heterocycles. The highest BCUT2D eigenvalue weighted by Gasteiger charge is 2.34. The fraction of sp³-hybridized carbons (Fsp3) is 0.240. The van der Waals surface area contributed by atoms with E-state index in [4.69, 9.17) is 20.4 Å². The third-order valence-electron chi connectivity index (χ3n) is 6.32. The maximum atomic E-state index is 12.9. The van der Waals surface area contributed by atoms with Crippen LogP contribution in [-0.4, -0.2) is 34.5 Å². The van der Waals surface area contributed by atoms with E-state index in [1.807, 2.05) is 18.2 Å². The number of carbonyl (C=O) groups excluding carboxylic acids is 1. The van der Waals surface area contributed by atoms with Gasteiger partial charge in [-0.15, -0.1) is 0 Å². The second-order valence-corrected chi connectivity index (χ2v) is 8.69. The highest BCUT2D eigenvalue weighted by Crippen LogP contribution is 2.35. The van der Waals surface area contributed by atoms with Crippen molar-refractivity contribution >= 4 is 45.4 Å². The third-order valence-corrected chi connectivity index (χ3v) is 6.57. The molecule has 33 heavy (non-hydrogen) atoms. The summed E-state index contributed by atoms with van der Waals surface area (Å²) in [6, 6.07) is 10.1. The number of nitrogens with zero attached hydrogens (tertiary/aromatic N) is 1. The molecule has 2 aromatic carbocycles. The second-order valence-electron chi connectivity index (χ2n) is 8.25. The lowest BCUT2D eigenvalue weighted by atomic mass is 9.99. The zero-order valence-corrected chi connectivity index (χ0v) is 18.5. The summed E-state index contributed by atoms with van der Waals surface area (Å²) in [6.07, 6.45) is 2.48. The fourth-order valence-corrected chi connectivity index (χ4v) is 4.67. The number of likely N-dealkylation sites (tertiary alicyclic amines) is 1. The molecule has 8 heteroatoms. The number of benzene rings is 2. The van der Waals surface area contributed by atoms with E-state index >= 15 is 0 Å². The van der Waals surface area contributed by atoms with Crippen LogP contribution in [0.5, 0.6) is 0 Å². The monoisotopic (exact) mass is 465 g/mol. The van der Waals surface area contributed by atoms with Crippen molar-refractivity contribution in [3.05, 3.63) is 69.2 Å². The summed E-state index contributed by atoms with van der Waals surface area (Å²) >= 11 is 6.01. The Morgan fingerprint density at radius 3 is 2.64 bits per heavy atom. The van der Waals surface area contributed by atoms with Crippen molar-refractivity contribution in [1.82, 2.24) is 4.90 Å². The van der Waals surface area contributed by atoms with Gasteiger partial charge in [-0.25, -0.2) is 9.59 Å². The number of halogens is 1. The van der Waals surface area contributed by atoms with Crippen LogP contribution in [0, 0.1) is 6.92 Å². The number of hydrogen-bond acceptors (Lipinski definition) is 5. The van der Waals surface area contributed by atoms with Gasteiger partial charge in [-0.3, -0.25) is 4.79 Å². The Morgan fingerprint density at radius 2 is 1.91 bits per heavy atom. The Kier molecular flexibility index (Phi) is 5.21. The average Bonchev–Trinajstić information content (AvgIpc) is 3.43. The molecule has 0 saturated carbocycles. The number of aryl methyl sites for hydroxylation is 1. The van der Waals surface area contributed by atoms with Crippen LogP contribution in [0.2, 0.25) is 5.02 Å². The molecular formula is C25H20ClNO6. The molecule has 4 aromatic rings. The maximum absolute atomic E-state index is 12.9. The molecule has 7 nitrogen and oxygen atoms in total. The molecule has 1 unspecified atom stereocenters. The Morgan fingerprint density at radius 1 is 1.15 bits per heavy atom. The van der Waals surface area contributed by atoms with Gasteiger partial charge in [0.05, 0.1) is 18.2 Å². The predicted octanol–water partition coefficient (Wildman–Crippen LogP) is 4.79. The molecule has 1 aliphatic heterocycles. The lowest BCUT2D eigenvalue weighted by Gasteiger charge is -2.21. The van der Waals surface area contributed by atoms with E-state index in [1.165, 1.54) is 4.90 Å². The molecule has 1 fully saturated rings. The normalized spacial score (nSPS) is 16.1. The Labute approximate surface area is 193 Å². The van der Waals surface area contributed by atoms with E-state index in [9.17, 15) is 19.5 Å². The highest BCUT2D eigenvalue weighted by atomic mass is 35.5. The highest BCUT2D eigenvalue weighted by molar-refractivity contribution is 6.30. The van der Waals surface area contributed by atoms with Crippen molar-refractivity contribution < 1.29 is 23.5 Å². The van der Waals surface area contributed by atoms with Gasteiger partial charge in [-0.1, -0.05) is 23.7 Å². The van der Waals surface area contributed by atoms with Crippen LogP contribution in [0.25, 0.3) is 33.1 Å². The summed E-state index contributed by atoms with van der Waals surface area (Å²) in [5, 5.41) is 11.5. The van der Waals surface area contributed by atoms with Gasteiger partial charge in [0.1, 0.15) is 17.2 Å². The first-order valence-electron chi connectivity index (χ1n) is 10.6. The van der Waals surface area contributed by atoms with Crippen molar-refractivity contribution in [2.45, 2.75) is 32.2 Å². The minimum Gasteiger partial charge on any atom is -0.480 e. The molecule has 1 atom stereocenters. The first kappa shape index (κ1) is 21.3. The van der Waals surface area contributed by atoms with E-state index < -0.39 is 17.6 Å². The van der Waals surface area contributed by atoms with Gasteiger partial charge in [0.2, 0.25) is 5.91 Å². The molecule has 0 spiro atoms. The number of rotatable bonds is 4. The molecule has 168 valence electrons. The van der Waals surface area contributed by atoms with E-state index in [2.05, 4.69) is 0 Å². The zero-order valence-electron chi connectivity index (χ0n) is 17.8. The summed E-state index contributed by atoms with van der Waals surface area (Å²) in [5.41, 5.74) is 2.99. The number of carboxylic acids is 1. The third kappa shape index (κ3) is 3.68. The molecule has 0 radical (unpaired) electrons. The van der Waals surface area contributed by atoms with Crippen molar-refractivity contribution in [1.29, 1.82) is 0 Å². The minimum absolute atomic E-state index is 0.207. The second kappa shape index (κ2) is 8.08. The van der Waals surface area contributed by atoms with Crippen LogP contribution in [-0.2, 0) is 16.0 Å². The van der Waals surface area contributed by atoms with Gasteiger partial charge in [-0.05, 0) is 49.1 Å². The number of aliphatic carboxylic acids is 1. The van der Waals surface area contributed by atoms with Gasteiger partial charge in [0.15, 0.2) is 0 Å². The Bertz CT molecular complexity index is 1470. The number of hydrogen-bond donors (Lipinski definition) is 1. The smallest absolute Gasteiger partial charge is 0.340 e. The van der Waals surface area contributed by atoms with Gasteiger partial charge in [-0.2, -0.15) is 0 Å². The number of carboxylic acid groups (broad SMARTS) is 1. The first-order valence-corrected chi connectivity index (χ1v) is 11.0. The quantitative estimate of drug-likeness (QED) is 0.435. The largest absolute Gasteiger partial charge is 0.480 e. The summed E-state index contributed by atoms with van der Waals surface area (Å²) in [7, 11) is 0. The topological polar surface area (TPSA) is 101 Å². The maximum Gasteiger partial charge on any atom is 0.340 e. The fourth-order valence-electron chi connectivity index (χ4n) is 4.54. The molecule has 2 aromatic heterocycles. The Hall–Kier alpha value is -3.58. The van der Waals surface area contributed by atoms with Crippen LogP contribution in [0.4, 0.5) is 0 Å². The van der Waals surface area contributed by atoms with E-state index in [0.717, 1.165) is 16.5 Å². The van der Waals surface area contributed by atoms with Gasteiger partial charge >= 0.3 is 11.6 Å². The minimum atomic E-state index is -1.03. The molecule has 1 saturated heterocycles. The van der Waals surface area contributed by atoms with Crippen LogP contribution in [0.3, 0.4) is 0 Å². The standard InChI is InChI=1S/C25H20ClNO6/c1-13-16-9-18-19(14-4-6-15(26)7-5-14)12-32-21(18)11-22(16)33-25(31)17(13)10-23(28)27-8-2-3-20(27)24(29)30/h4-7,9,11-12,20H,2-3,8,10H2,1H3,(H,29,30). The van der Waals surface area contributed by atoms with Crippen molar-refractivity contribution in [3.8, 4) is 11.1 Å². The zero-order chi connectivity index (χ0) is 23.3. The lowest BCUT2D eigenvalue weighted by molar-refractivity contribution is -0.148. The average molecular weight is 466 g/mol. The van der Waals surface area contributed by atoms with Crippen LogP contribution in [0.1, 0.15) is 24.0 Å². The summed E-state index contributed by atoms with van der Waals surface area (Å²) < 4.78 is 11.2. The number of fused-ring (bicyclic) bond motifs is 2. The predicted molar refractivity (Wildman–Crippen MR) is 124 cm³/mol. The summed E-state index contributed by atoms with van der Waals surface area (Å²) in [4.78, 5) is 38.4. The van der Waals surface area contributed by atoms with Gasteiger partial charge in [0.25, 0.3) is 0 Å². The van der Waals surface area contributed by atoms with E-state index in [-0.39, 0.29) is 17.9 Å². The lowest BCUT2D eigenvalue weighted by Crippen LogP contribution is -2.41. The van der Waals surface area contributed by atoms with Gasteiger partial charge < -0.3 is 18.8 Å².